The van der Waals surface area contributed by atoms with Crippen LogP contribution in [0.2, 0.25) is 0 Å². The average molecular weight is 261 g/mol. The molecule has 0 radical (unpaired) electrons. The minimum absolute atomic E-state index is 0.152. The normalized spacial score (nSPS) is 29.9. The molecule has 3 nitrogen and oxygen atoms in total. The zero-order valence-corrected chi connectivity index (χ0v) is 12.2. The first-order valence-electron chi connectivity index (χ1n) is 6.80. The van der Waals surface area contributed by atoms with E-state index in [1.165, 1.54) is 6.26 Å². The van der Waals surface area contributed by atoms with E-state index < -0.39 is 9.84 Å². The van der Waals surface area contributed by atoms with E-state index in [0.717, 1.165) is 38.5 Å². The molecule has 0 aromatic rings. The fraction of sp³-hybridized carbons (Fsp3) is 1.00. The van der Waals surface area contributed by atoms with Crippen LogP contribution in [0, 0.1) is 11.8 Å². The zero-order chi connectivity index (χ0) is 13.1. The lowest BCUT2D eigenvalue weighted by atomic mass is 9.78. The van der Waals surface area contributed by atoms with Gasteiger partial charge in [0.05, 0.1) is 5.25 Å². The van der Waals surface area contributed by atoms with Crippen molar-refractivity contribution in [1.29, 1.82) is 0 Å². The molecule has 102 valence electrons. The maximum Gasteiger partial charge on any atom is 0.150 e. The largest absolute Gasteiger partial charge is 0.327 e. The molecule has 0 bridgehead atoms. The summed E-state index contributed by atoms with van der Waals surface area (Å²) in [6.45, 7) is 4.36. The van der Waals surface area contributed by atoms with Gasteiger partial charge >= 0.3 is 0 Å². The smallest absolute Gasteiger partial charge is 0.150 e. The highest BCUT2D eigenvalue weighted by molar-refractivity contribution is 7.91. The SMILES string of the molecule is CCCC(C)C(N)C1CCCC(S(C)(=O)=O)C1. The van der Waals surface area contributed by atoms with Crippen molar-refractivity contribution in [1.82, 2.24) is 0 Å². The summed E-state index contributed by atoms with van der Waals surface area (Å²) in [5, 5.41) is -0.152. The van der Waals surface area contributed by atoms with E-state index in [4.69, 9.17) is 5.73 Å². The third-order valence-corrected chi connectivity index (χ3v) is 5.86. The standard InChI is InChI=1S/C13H27NO2S/c1-4-6-10(2)13(14)11-7-5-8-12(9-11)17(3,15)16/h10-13H,4-9,14H2,1-3H3. The van der Waals surface area contributed by atoms with E-state index in [2.05, 4.69) is 13.8 Å². The summed E-state index contributed by atoms with van der Waals surface area (Å²) in [5.41, 5.74) is 6.29. The van der Waals surface area contributed by atoms with Crippen LogP contribution in [0.1, 0.15) is 52.4 Å². The van der Waals surface area contributed by atoms with Crippen LogP contribution in [0.4, 0.5) is 0 Å². The van der Waals surface area contributed by atoms with E-state index >= 15 is 0 Å². The zero-order valence-electron chi connectivity index (χ0n) is 11.4. The Morgan fingerprint density at radius 1 is 1.35 bits per heavy atom. The van der Waals surface area contributed by atoms with Gasteiger partial charge in [0.2, 0.25) is 0 Å². The van der Waals surface area contributed by atoms with Gasteiger partial charge in [-0.2, -0.15) is 0 Å². The van der Waals surface area contributed by atoms with E-state index in [1.807, 2.05) is 0 Å². The summed E-state index contributed by atoms with van der Waals surface area (Å²) in [7, 11) is -2.89. The number of rotatable bonds is 5. The molecule has 2 N–H and O–H groups in total. The van der Waals surface area contributed by atoms with Crippen molar-refractivity contribution in [2.45, 2.75) is 63.7 Å². The fourth-order valence-electron chi connectivity index (χ4n) is 3.03. The van der Waals surface area contributed by atoms with E-state index in [0.29, 0.717) is 11.8 Å². The predicted molar refractivity (Wildman–Crippen MR) is 72.6 cm³/mol. The average Bonchev–Trinajstić information content (AvgIpc) is 2.27. The fourth-order valence-corrected chi connectivity index (χ4v) is 4.22. The highest BCUT2D eigenvalue weighted by Gasteiger charge is 2.33. The number of nitrogens with two attached hydrogens (primary N) is 1. The minimum Gasteiger partial charge on any atom is -0.327 e. The molecule has 17 heavy (non-hydrogen) atoms. The van der Waals surface area contributed by atoms with Crippen LogP contribution >= 0.6 is 0 Å². The monoisotopic (exact) mass is 261 g/mol. The van der Waals surface area contributed by atoms with Crippen molar-refractivity contribution >= 4 is 9.84 Å². The molecule has 4 unspecified atom stereocenters. The van der Waals surface area contributed by atoms with Crippen molar-refractivity contribution in [2.24, 2.45) is 17.6 Å². The molecule has 0 aromatic carbocycles. The van der Waals surface area contributed by atoms with Crippen LogP contribution in [-0.2, 0) is 9.84 Å². The van der Waals surface area contributed by atoms with Crippen LogP contribution in [0.25, 0.3) is 0 Å². The summed E-state index contributed by atoms with van der Waals surface area (Å²) < 4.78 is 23.2. The van der Waals surface area contributed by atoms with Gasteiger partial charge in [0, 0.05) is 12.3 Å². The molecule has 1 rings (SSSR count). The number of sulfone groups is 1. The van der Waals surface area contributed by atoms with Gasteiger partial charge in [-0.25, -0.2) is 8.42 Å². The second-order valence-corrected chi connectivity index (χ2v) is 8.05. The van der Waals surface area contributed by atoms with Gasteiger partial charge in [0.1, 0.15) is 9.84 Å². The molecule has 1 saturated carbocycles. The van der Waals surface area contributed by atoms with Gasteiger partial charge in [-0.3, -0.25) is 0 Å². The van der Waals surface area contributed by atoms with Gasteiger partial charge in [0.25, 0.3) is 0 Å². The molecular formula is C13H27NO2S. The maximum absolute atomic E-state index is 11.6. The minimum atomic E-state index is -2.89. The van der Waals surface area contributed by atoms with Gasteiger partial charge in [-0.1, -0.05) is 26.7 Å². The van der Waals surface area contributed by atoms with Crippen LogP contribution in [0.15, 0.2) is 0 Å². The molecule has 4 atom stereocenters. The van der Waals surface area contributed by atoms with Crippen molar-refractivity contribution < 1.29 is 8.42 Å². The predicted octanol–water partition coefficient (Wildman–Crippen LogP) is 2.35. The lowest BCUT2D eigenvalue weighted by Gasteiger charge is -2.34. The molecule has 0 aromatic heterocycles. The Kier molecular flexibility index (Phi) is 5.45. The molecule has 0 saturated heterocycles. The summed E-state index contributed by atoms with van der Waals surface area (Å²) in [5.74, 6) is 0.897. The summed E-state index contributed by atoms with van der Waals surface area (Å²) in [6, 6.07) is 0.166. The Bertz CT molecular complexity index is 326. The van der Waals surface area contributed by atoms with Gasteiger partial charge in [0.15, 0.2) is 0 Å². The van der Waals surface area contributed by atoms with Crippen LogP contribution in [-0.4, -0.2) is 26.0 Å². The van der Waals surface area contributed by atoms with E-state index in [1.54, 1.807) is 0 Å². The van der Waals surface area contributed by atoms with Crippen molar-refractivity contribution in [3.63, 3.8) is 0 Å². The summed E-state index contributed by atoms with van der Waals surface area (Å²) in [4.78, 5) is 0. The first-order valence-corrected chi connectivity index (χ1v) is 8.76. The van der Waals surface area contributed by atoms with Gasteiger partial charge in [-0.15, -0.1) is 0 Å². The van der Waals surface area contributed by atoms with E-state index in [-0.39, 0.29) is 11.3 Å². The number of hydrogen-bond donors (Lipinski definition) is 1. The van der Waals surface area contributed by atoms with Crippen molar-refractivity contribution in [3.8, 4) is 0 Å². The molecule has 1 fully saturated rings. The Balaban J connectivity index is 2.60. The molecule has 0 amide bonds. The summed E-state index contributed by atoms with van der Waals surface area (Å²) >= 11 is 0. The second-order valence-electron chi connectivity index (χ2n) is 5.72. The van der Waals surface area contributed by atoms with Crippen LogP contribution < -0.4 is 5.73 Å². The van der Waals surface area contributed by atoms with E-state index in [9.17, 15) is 8.42 Å². The number of hydrogen-bond acceptors (Lipinski definition) is 3. The lowest BCUT2D eigenvalue weighted by molar-refractivity contribution is 0.246. The Hall–Kier alpha value is -0.0900. The van der Waals surface area contributed by atoms with Gasteiger partial charge in [-0.05, 0) is 37.5 Å². The van der Waals surface area contributed by atoms with Gasteiger partial charge < -0.3 is 5.73 Å². The quantitative estimate of drug-likeness (QED) is 0.826. The Labute approximate surface area is 106 Å². The molecular weight excluding hydrogens is 234 g/mol. The van der Waals surface area contributed by atoms with Crippen LogP contribution in [0.5, 0.6) is 0 Å². The second kappa shape index (κ2) is 6.19. The first kappa shape index (κ1) is 15.0. The molecule has 0 spiro atoms. The highest BCUT2D eigenvalue weighted by Crippen LogP contribution is 2.32. The highest BCUT2D eigenvalue weighted by atomic mass is 32.2. The molecule has 4 heteroatoms. The molecule has 0 aliphatic heterocycles. The molecule has 0 heterocycles. The van der Waals surface area contributed by atoms with Crippen molar-refractivity contribution in [3.05, 3.63) is 0 Å². The first-order chi connectivity index (χ1) is 7.86. The van der Waals surface area contributed by atoms with Crippen molar-refractivity contribution in [2.75, 3.05) is 6.26 Å². The maximum atomic E-state index is 11.6. The molecule has 1 aliphatic rings. The third kappa shape index (κ3) is 4.25. The lowest BCUT2D eigenvalue weighted by Crippen LogP contribution is -2.41. The summed E-state index contributed by atoms with van der Waals surface area (Å²) in [6.07, 6.45) is 7.35. The molecule has 1 aliphatic carbocycles. The Morgan fingerprint density at radius 2 is 2.00 bits per heavy atom. The topological polar surface area (TPSA) is 60.2 Å². The third-order valence-electron chi connectivity index (χ3n) is 4.22. The van der Waals surface area contributed by atoms with Crippen LogP contribution in [0.3, 0.4) is 0 Å². The Morgan fingerprint density at radius 3 is 2.53 bits per heavy atom.